The minimum Gasteiger partial charge on any atom is -0.490 e. The summed E-state index contributed by atoms with van der Waals surface area (Å²) < 4.78 is 28.2. The van der Waals surface area contributed by atoms with Crippen molar-refractivity contribution >= 4 is 21.8 Å². The Morgan fingerprint density at radius 2 is 2.12 bits per heavy atom. The average Bonchev–Trinajstić information content (AvgIpc) is 2.90. The molecule has 126 valence electrons. The Balaban J connectivity index is 2.04. The molecule has 0 bridgehead atoms. The summed E-state index contributed by atoms with van der Waals surface area (Å²) in [5.41, 5.74) is 0.603. The molecule has 1 aromatic carbocycles. The second-order valence-corrected chi connectivity index (χ2v) is 7.64. The molecule has 24 heavy (non-hydrogen) atoms. The van der Waals surface area contributed by atoms with E-state index in [0.29, 0.717) is 24.3 Å². The fraction of sp³-hybridized carbons (Fsp3) is 0.294. The predicted octanol–water partition coefficient (Wildman–Crippen LogP) is 1.46. The zero-order valence-corrected chi connectivity index (χ0v) is 13.9. The van der Waals surface area contributed by atoms with Crippen LogP contribution < -0.4 is 10.1 Å². The number of nitrogens with zero attached hydrogens (tertiary/aromatic N) is 1. The molecule has 1 aromatic rings. The molecule has 1 N–H and O–H groups in total. The molecule has 0 aliphatic carbocycles. The number of nitriles is 1. The number of nitrogens with one attached hydrogen (secondary N) is 1. The number of hydrogen-bond acceptors (Lipinski definition) is 5. The van der Waals surface area contributed by atoms with Crippen LogP contribution in [0.4, 0.5) is 0 Å². The Kier molecular flexibility index (Phi) is 5.77. The molecule has 0 radical (unpaired) electrons. The van der Waals surface area contributed by atoms with Gasteiger partial charge >= 0.3 is 0 Å². The van der Waals surface area contributed by atoms with Gasteiger partial charge in [0.1, 0.15) is 24.0 Å². The number of rotatable bonds is 6. The lowest BCUT2D eigenvalue weighted by Crippen LogP contribution is -2.36. The molecule has 1 amide bonds. The van der Waals surface area contributed by atoms with Crippen LogP contribution in [0.25, 0.3) is 6.08 Å². The van der Waals surface area contributed by atoms with Gasteiger partial charge in [-0.25, -0.2) is 8.42 Å². The maximum atomic E-state index is 12.1. The molecule has 1 fully saturated rings. The molecule has 1 atom stereocenters. The molecular weight excluding hydrogens is 328 g/mol. The summed E-state index contributed by atoms with van der Waals surface area (Å²) in [7, 11) is -3.08. The van der Waals surface area contributed by atoms with E-state index in [4.69, 9.17) is 4.74 Å². The van der Waals surface area contributed by atoms with Crippen LogP contribution in [-0.2, 0) is 14.6 Å². The van der Waals surface area contributed by atoms with Crippen molar-refractivity contribution in [3.8, 4) is 11.8 Å². The topological polar surface area (TPSA) is 96.3 Å². The van der Waals surface area contributed by atoms with E-state index < -0.39 is 21.8 Å². The van der Waals surface area contributed by atoms with Gasteiger partial charge in [0, 0.05) is 6.04 Å². The molecule has 6 nitrogen and oxygen atoms in total. The van der Waals surface area contributed by atoms with Gasteiger partial charge in [0.05, 0.1) is 11.5 Å². The normalized spacial score (nSPS) is 19.3. The van der Waals surface area contributed by atoms with Crippen molar-refractivity contribution in [3.05, 3.63) is 48.1 Å². The molecule has 1 heterocycles. The van der Waals surface area contributed by atoms with Gasteiger partial charge in [-0.1, -0.05) is 24.8 Å². The van der Waals surface area contributed by atoms with E-state index in [9.17, 15) is 18.5 Å². The summed E-state index contributed by atoms with van der Waals surface area (Å²) in [6.07, 6.45) is 3.47. The number of benzene rings is 1. The van der Waals surface area contributed by atoms with Crippen LogP contribution in [0.2, 0.25) is 0 Å². The maximum absolute atomic E-state index is 12.1. The SMILES string of the molecule is C=CCOc1ccc(/C=C(\C#N)C(=O)N[C@H]2CCS(=O)(=O)C2)cc1. The van der Waals surface area contributed by atoms with Crippen LogP contribution in [0.5, 0.6) is 5.75 Å². The van der Waals surface area contributed by atoms with Crippen LogP contribution in [0.3, 0.4) is 0 Å². The first-order chi connectivity index (χ1) is 11.4. The van der Waals surface area contributed by atoms with E-state index in [1.165, 1.54) is 6.08 Å². The number of hydrogen-bond donors (Lipinski definition) is 1. The van der Waals surface area contributed by atoms with Gasteiger partial charge in [-0.05, 0) is 30.2 Å². The summed E-state index contributed by atoms with van der Waals surface area (Å²) in [6.45, 7) is 3.96. The van der Waals surface area contributed by atoms with Crippen LogP contribution >= 0.6 is 0 Å². The third-order valence-electron chi connectivity index (χ3n) is 3.49. The van der Waals surface area contributed by atoms with Crippen molar-refractivity contribution in [2.24, 2.45) is 0 Å². The Morgan fingerprint density at radius 1 is 1.42 bits per heavy atom. The Morgan fingerprint density at radius 3 is 2.67 bits per heavy atom. The molecule has 1 aliphatic rings. The number of carbonyl (C=O) groups excluding carboxylic acids is 1. The molecule has 0 saturated carbocycles. The van der Waals surface area contributed by atoms with Crippen molar-refractivity contribution in [1.29, 1.82) is 5.26 Å². The molecule has 0 aromatic heterocycles. The van der Waals surface area contributed by atoms with Gasteiger partial charge in [0.2, 0.25) is 0 Å². The molecule has 0 spiro atoms. The van der Waals surface area contributed by atoms with Gasteiger partial charge < -0.3 is 10.1 Å². The lowest BCUT2D eigenvalue weighted by atomic mass is 10.1. The second kappa shape index (κ2) is 7.79. The average molecular weight is 346 g/mol. The zero-order chi connectivity index (χ0) is 17.6. The van der Waals surface area contributed by atoms with E-state index in [1.54, 1.807) is 30.3 Å². The highest BCUT2D eigenvalue weighted by atomic mass is 32.2. The summed E-state index contributed by atoms with van der Waals surface area (Å²) in [5, 5.41) is 11.8. The van der Waals surface area contributed by atoms with Crippen LogP contribution in [-0.4, -0.2) is 38.5 Å². The standard InChI is InChI=1S/C17H18N2O4S/c1-2-8-23-16-5-3-13(4-6-16)10-14(11-18)17(20)19-15-7-9-24(21,22)12-15/h2-6,10,15H,1,7-9,12H2,(H,19,20)/b14-10+/t15-/m0/s1. The predicted molar refractivity (Wildman–Crippen MR) is 90.9 cm³/mol. The smallest absolute Gasteiger partial charge is 0.262 e. The third kappa shape index (κ3) is 4.96. The minimum atomic E-state index is -3.08. The number of sulfone groups is 1. The van der Waals surface area contributed by atoms with E-state index in [-0.39, 0.29) is 17.1 Å². The first-order valence-corrected chi connectivity index (χ1v) is 9.22. The second-order valence-electron chi connectivity index (χ2n) is 5.41. The third-order valence-corrected chi connectivity index (χ3v) is 5.26. The van der Waals surface area contributed by atoms with E-state index in [0.717, 1.165) is 0 Å². The first kappa shape index (κ1) is 17.8. The molecule has 0 unspecified atom stereocenters. The Labute approximate surface area is 141 Å². The van der Waals surface area contributed by atoms with Gasteiger partial charge in [-0.2, -0.15) is 5.26 Å². The fourth-order valence-corrected chi connectivity index (χ4v) is 3.98. The highest BCUT2D eigenvalue weighted by molar-refractivity contribution is 7.91. The molecule has 7 heteroatoms. The van der Waals surface area contributed by atoms with Gasteiger partial charge in [-0.15, -0.1) is 0 Å². The summed E-state index contributed by atoms with van der Waals surface area (Å²) >= 11 is 0. The van der Waals surface area contributed by atoms with E-state index >= 15 is 0 Å². The van der Waals surface area contributed by atoms with Gasteiger partial charge in [0.25, 0.3) is 5.91 Å². The highest BCUT2D eigenvalue weighted by Gasteiger charge is 2.29. The fourth-order valence-electron chi connectivity index (χ4n) is 2.30. The van der Waals surface area contributed by atoms with Crippen molar-refractivity contribution in [2.75, 3.05) is 18.1 Å². The summed E-state index contributed by atoms with van der Waals surface area (Å²) in [5.74, 6) is 0.0837. The number of ether oxygens (including phenoxy) is 1. The Hall–Kier alpha value is -2.59. The zero-order valence-electron chi connectivity index (χ0n) is 13.1. The molecule has 2 rings (SSSR count). The van der Waals surface area contributed by atoms with Crippen molar-refractivity contribution in [3.63, 3.8) is 0 Å². The van der Waals surface area contributed by atoms with E-state index in [1.807, 2.05) is 6.07 Å². The van der Waals surface area contributed by atoms with Crippen LogP contribution in [0, 0.1) is 11.3 Å². The van der Waals surface area contributed by atoms with Crippen molar-refractivity contribution < 1.29 is 17.9 Å². The number of amides is 1. The number of carbonyl (C=O) groups is 1. The first-order valence-electron chi connectivity index (χ1n) is 7.40. The van der Waals surface area contributed by atoms with Crippen LogP contribution in [0.1, 0.15) is 12.0 Å². The van der Waals surface area contributed by atoms with Crippen LogP contribution in [0.15, 0.2) is 42.5 Å². The summed E-state index contributed by atoms with van der Waals surface area (Å²) in [4.78, 5) is 12.1. The quantitative estimate of drug-likeness (QED) is 0.478. The lowest BCUT2D eigenvalue weighted by Gasteiger charge is -2.10. The monoisotopic (exact) mass is 346 g/mol. The summed E-state index contributed by atoms with van der Waals surface area (Å²) in [6, 6.07) is 8.32. The minimum absolute atomic E-state index is 0.0652. The van der Waals surface area contributed by atoms with Crippen molar-refractivity contribution in [2.45, 2.75) is 12.5 Å². The molecular formula is C17H18N2O4S. The molecule has 1 saturated heterocycles. The molecule has 1 aliphatic heterocycles. The van der Waals surface area contributed by atoms with Gasteiger partial charge in [-0.3, -0.25) is 4.79 Å². The highest BCUT2D eigenvalue weighted by Crippen LogP contribution is 2.16. The largest absolute Gasteiger partial charge is 0.490 e. The van der Waals surface area contributed by atoms with E-state index in [2.05, 4.69) is 11.9 Å². The van der Waals surface area contributed by atoms with Gasteiger partial charge in [0.15, 0.2) is 9.84 Å². The Bertz CT molecular complexity index is 789. The van der Waals surface area contributed by atoms with Crippen molar-refractivity contribution in [1.82, 2.24) is 5.32 Å². The maximum Gasteiger partial charge on any atom is 0.262 e. The lowest BCUT2D eigenvalue weighted by molar-refractivity contribution is -0.117.